The van der Waals surface area contributed by atoms with Crippen molar-refractivity contribution in [3.8, 4) is 0 Å². The molecular formula is C14H21N3O3S. The van der Waals surface area contributed by atoms with Crippen LogP contribution >= 0.6 is 11.3 Å². The van der Waals surface area contributed by atoms with Gasteiger partial charge in [-0.05, 0) is 31.6 Å². The van der Waals surface area contributed by atoms with E-state index in [0.29, 0.717) is 25.3 Å². The normalized spacial score (nSPS) is 25.3. The average molecular weight is 311 g/mol. The number of thiazole rings is 1. The summed E-state index contributed by atoms with van der Waals surface area (Å²) in [5, 5.41) is 17.5. The maximum Gasteiger partial charge on any atom is 0.315 e. The first kappa shape index (κ1) is 15.8. The second-order valence-electron chi connectivity index (χ2n) is 5.73. The zero-order valence-electron chi connectivity index (χ0n) is 12.1. The molecule has 7 heteroatoms. The Morgan fingerprint density at radius 2 is 2.14 bits per heavy atom. The quantitative estimate of drug-likeness (QED) is 0.777. The van der Waals surface area contributed by atoms with Crippen molar-refractivity contribution in [2.45, 2.75) is 39.2 Å². The molecule has 1 fully saturated rings. The van der Waals surface area contributed by atoms with E-state index in [1.54, 1.807) is 6.20 Å². The Morgan fingerprint density at radius 3 is 2.71 bits per heavy atom. The first-order valence-corrected chi connectivity index (χ1v) is 8.03. The SMILES string of the molecule is CC1CCC(CNC(=O)NCc2nccs2)(C(=O)O)CC1. The fourth-order valence-electron chi connectivity index (χ4n) is 2.59. The number of nitrogens with one attached hydrogen (secondary N) is 2. The number of aliphatic carboxylic acids is 1. The van der Waals surface area contributed by atoms with E-state index in [1.165, 1.54) is 11.3 Å². The molecule has 2 amide bonds. The Morgan fingerprint density at radius 1 is 1.43 bits per heavy atom. The van der Waals surface area contributed by atoms with Crippen LogP contribution in [0.1, 0.15) is 37.6 Å². The van der Waals surface area contributed by atoms with Gasteiger partial charge in [0.2, 0.25) is 0 Å². The van der Waals surface area contributed by atoms with E-state index in [1.807, 2.05) is 5.38 Å². The molecule has 0 unspecified atom stereocenters. The molecule has 0 spiro atoms. The van der Waals surface area contributed by atoms with Gasteiger partial charge in [-0.1, -0.05) is 6.92 Å². The molecule has 0 aromatic carbocycles. The van der Waals surface area contributed by atoms with Crippen molar-refractivity contribution in [2.24, 2.45) is 11.3 Å². The lowest BCUT2D eigenvalue weighted by Gasteiger charge is -2.35. The molecule has 1 aromatic heterocycles. The summed E-state index contributed by atoms with van der Waals surface area (Å²) in [5.41, 5.74) is -0.814. The Kier molecular flexibility index (Phi) is 5.17. The van der Waals surface area contributed by atoms with E-state index in [9.17, 15) is 14.7 Å². The average Bonchev–Trinajstić information content (AvgIpc) is 2.98. The van der Waals surface area contributed by atoms with Crippen molar-refractivity contribution in [3.05, 3.63) is 16.6 Å². The summed E-state index contributed by atoms with van der Waals surface area (Å²) in [6.07, 6.45) is 4.72. The Balaban J connectivity index is 1.81. The zero-order valence-corrected chi connectivity index (χ0v) is 12.9. The van der Waals surface area contributed by atoms with Crippen molar-refractivity contribution in [3.63, 3.8) is 0 Å². The van der Waals surface area contributed by atoms with E-state index < -0.39 is 11.4 Å². The number of aromatic nitrogens is 1. The summed E-state index contributed by atoms with van der Waals surface area (Å²) in [7, 11) is 0. The highest BCUT2D eigenvalue weighted by molar-refractivity contribution is 7.09. The van der Waals surface area contributed by atoms with Crippen LogP contribution in [0.5, 0.6) is 0 Å². The van der Waals surface area contributed by atoms with Gasteiger partial charge in [-0.15, -0.1) is 11.3 Å². The molecule has 0 radical (unpaired) electrons. The van der Waals surface area contributed by atoms with Gasteiger partial charge in [-0.25, -0.2) is 9.78 Å². The summed E-state index contributed by atoms with van der Waals surface area (Å²) in [4.78, 5) is 27.4. The number of carboxylic acid groups (broad SMARTS) is 1. The van der Waals surface area contributed by atoms with Crippen LogP contribution < -0.4 is 10.6 Å². The summed E-state index contributed by atoms with van der Waals surface area (Å²) in [6.45, 7) is 2.68. The minimum Gasteiger partial charge on any atom is -0.481 e. The maximum absolute atomic E-state index is 11.8. The first-order valence-electron chi connectivity index (χ1n) is 7.15. The maximum atomic E-state index is 11.8. The second kappa shape index (κ2) is 6.89. The van der Waals surface area contributed by atoms with Crippen molar-refractivity contribution >= 4 is 23.3 Å². The van der Waals surface area contributed by atoms with Crippen LogP contribution in [-0.4, -0.2) is 28.6 Å². The molecule has 0 aliphatic heterocycles. The van der Waals surface area contributed by atoms with E-state index in [4.69, 9.17) is 0 Å². The molecule has 6 nitrogen and oxygen atoms in total. The van der Waals surface area contributed by atoms with Crippen LogP contribution in [0.2, 0.25) is 0 Å². The monoisotopic (exact) mass is 311 g/mol. The molecule has 1 heterocycles. The van der Waals surface area contributed by atoms with Crippen molar-refractivity contribution in [2.75, 3.05) is 6.54 Å². The van der Waals surface area contributed by atoms with Gasteiger partial charge < -0.3 is 15.7 Å². The molecule has 1 aliphatic carbocycles. The second-order valence-corrected chi connectivity index (χ2v) is 6.71. The molecule has 1 aromatic rings. The van der Waals surface area contributed by atoms with E-state index in [2.05, 4.69) is 22.5 Å². The first-order chi connectivity index (χ1) is 10.0. The van der Waals surface area contributed by atoms with Gasteiger partial charge in [0.25, 0.3) is 0 Å². The van der Waals surface area contributed by atoms with Gasteiger partial charge in [0.05, 0.1) is 12.0 Å². The van der Waals surface area contributed by atoms with Crippen LogP contribution in [0.25, 0.3) is 0 Å². The number of nitrogens with zero attached hydrogens (tertiary/aromatic N) is 1. The third kappa shape index (κ3) is 4.17. The third-order valence-electron chi connectivity index (χ3n) is 4.16. The number of carbonyl (C=O) groups is 2. The number of amides is 2. The molecular weight excluding hydrogens is 290 g/mol. The number of urea groups is 1. The van der Waals surface area contributed by atoms with E-state index >= 15 is 0 Å². The van der Waals surface area contributed by atoms with E-state index in [-0.39, 0.29) is 12.6 Å². The number of rotatable bonds is 5. The van der Waals surface area contributed by atoms with Crippen molar-refractivity contribution in [1.29, 1.82) is 0 Å². The molecule has 0 saturated heterocycles. The molecule has 2 rings (SSSR count). The van der Waals surface area contributed by atoms with Gasteiger partial charge >= 0.3 is 12.0 Å². The predicted molar refractivity (Wildman–Crippen MR) is 80.1 cm³/mol. The lowest BCUT2D eigenvalue weighted by atomic mass is 9.71. The number of hydrogen-bond acceptors (Lipinski definition) is 4. The fourth-order valence-corrected chi connectivity index (χ4v) is 3.15. The van der Waals surface area contributed by atoms with Gasteiger partial charge in [0, 0.05) is 18.1 Å². The molecule has 21 heavy (non-hydrogen) atoms. The Labute approximate surface area is 128 Å². The van der Waals surface area contributed by atoms with Crippen LogP contribution in [-0.2, 0) is 11.3 Å². The lowest BCUT2D eigenvalue weighted by Crippen LogP contribution is -2.47. The smallest absolute Gasteiger partial charge is 0.315 e. The number of carbonyl (C=O) groups excluding carboxylic acids is 1. The minimum absolute atomic E-state index is 0.179. The van der Waals surface area contributed by atoms with E-state index in [0.717, 1.165) is 17.8 Å². The van der Waals surface area contributed by atoms with Gasteiger partial charge in [-0.2, -0.15) is 0 Å². The predicted octanol–water partition coefficient (Wildman–Crippen LogP) is 2.22. The van der Waals surface area contributed by atoms with Gasteiger partial charge in [-0.3, -0.25) is 4.79 Å². The summed E-state index contributed by atoms with van der Waals surface area (Å²) < 4.78 is 0. The highest BCUT2D eigenvalue weighted by atomic mass is 32.1. The largest absolute Gasteiger partial charge is 0.481 e. The van der Waals surface area contributed by atoms with Crippen molar-refractivity contribution in [1.82, 2.24) is 15.6 Å². The molecule has 0 atom stereocenters. The zero-order chi connectivity index (χ0) is 15.3. The topological polar surface area (TPSA) is 91.3 Å². The molecule has 0 bridgehead atoms. The number of hydrogen-bond donors (Lipinski definition) is 3. The molecule has 116 valence electrons. The summed E-state index contributed by atoms with van der Waals surface area (Å²) >= 11 is 1.47. The van der Waals surface area contributed by atoms with Crippen LogP contribution in [0.15, 0.2) is 11.6 Å². The third-order valence-corrected chi connectivity index (χ3v) is 4.94. The Bertz CT molecular complexity index is 482. The molecule has 3 N–H and O–H groups in total. The van der Waals surface area contributed by atoms with Crippen LogP contribution in [0.4, 0.5) is 4.79 Å². The number of carboxylic acids is 1. The fraction of sp³-hybridized carbons (Fsp3) is 0.643. The van der Waals surface area contributed by atoms with Gasteiger partial charge in [0.1, 0.15) is 5.01 Å². The highest BCUT2D eigenvalue weighted by Crippen LogP contribution is 2.38. The molecule has 1 aliphatic rings. The highest BCUT2D eigenvalue weighted by Gasteiger charge is 2.41. The van der Waals surface area contributed by atoms with Crippen molar-refractivity contribution < 1.29 is 14.7 Å². The van der Waals surface area contributed by atoms with Crippen LogP contribution in [0.3, 0.4) is 0 Å². The van der Waals surface area contributed by atoms with Gasteiger partial charge in [0.15, 0.2) is 0 Å². The Hall–Kier alpha value is -1.63. The summed E-state index contributed by atoms with van der Waals surface area (Å²) in [5.74, 6) is -0.245. The minimum atomic E-state index is -0.814. The van der Waals surface area contributed by atoms with Crippen LogP contribution in [0, 0.1) is 11.3 Å². The lowest BCUT2D eigenvalue weighted by molar-refractivity contribution is -0.151. The molecule has 1 saturated carbocycles. The summed E-state index contributed by atoms with van der Waals surface area (Å²) in [6, 6.07) is -0.343. The standard InChI is InChI=1S/C14H21N3O3S/c1-10-2-4-14(5-3-10,12(18)19)9-17-13(20)16-8-11-15-6-7-21-11/h6-7,10H,2-5,8-9H2,1H3,(H,18,19)(H2,16,17,20).